The van der Waals surface area contributed by atoms with Crippen LogP contribution in [0.4, 0.5) is 0 Å². The Hall–Kier alpha value is -1.15. The molecule has 0 bridgehead atoms. The number of rotatable bonds is 8. The van der Waals surface area contributed by atoms with Gasteiger partial charge in [0, 0.05) is 36.7 Å². The van der Waals surface area contributed by atoms with Crippen LogP contribution in [0, 0.1) is 0 Å². The number of furan rings is 1. The molecule has 0 radical (unpaired) electrons. The van der Waals surface area contributed by atoms with Gasteiger partial charge in [-0.2, -0.15) is 0 Å². The molecule has 0 aliphatic rings. The molecule has 2 N–H and O–H groups in total. The number of aliphatic imine (C=N–C) groups is 1. The Bertz CT molecular complexity index is 546. The summed E-state index contributed by atoms with van der Waals surface area (Å²) in [5, 5.41) is 6.62. The van der Waals surface area contributed by atoms with Crippen molar-refractivity contribution in [3.8, 4) is 0 Å². The van der Waals surface area contributed by atoms with Gasteiger partial charge in [-0.15, -0.1) is 35.7 Å². The van der Waals surface area contributed by atoms with Crippen LogP contribution in [0.25, 0.3) is 0 Å². The minimum absolute atomic E-state index is 0. The van der Waals surface area contributed by atoms with Crippen molar-refractivity contribution in [2.24, 2.45) is 4.99 Å². The summed E-state index contributed by atoms with van der Waals surface area (Å²) in [7, 11) is 0. The molecule has 1 heterocycles. The zero-order valence-electron chi connectivity index (χ0n) is 13.3. The lowest BCUT2D eigenvalue weighted by atomic mass is 10.3. The van der Waals surface area contributed by atoms with Gasteiger partial charge in [0.25, 0.3) is 0 Å². The first-order valence-electron chi connectivity index (χ1n) is 7.61. The molecule has 1 aromatic heterocycles. The van der Waals surface area contributed by atoms with Gasteiger partial charge in [-0.25, -0.2) is 0 Å². The normalized spacial score (nSPS) is 10.9. The molecule has 1 aromatic carbocycles. The highest BCUT2D eigenvalue weighted by molar-refractivity contribution is 14.0. The van der Waals surface area contributed by atoms with E-state index in [1.807, 2.05) is 30.0 Å². The molecule has 0 amide bonds. The number of halogens is 1. The van der Waals surface area contributed by atoms with E-state index >= 15 is 0 Å². The molecule has 6 heteroatoms. The molecule has 0 saturated carbocycles. The lowest BCUT2D eigenvalue weighted by Crippen LogP contribution is -2.38. The van der Waals surface area contributed by atoms with Gasteiger partial charge < -0.3 is 15.1 Å². The summed E-state index contributed by atoms with van der Waals surface area (Å²) in [5.74, 6) is 2.84. The fraction of sp³-hybridized carbons (Fsp3) is 0.353. The molecule has 0 unspecified atom stereocenters. The van der Waals surface area contributed by atoms with E-state index in [0.29, 0.717) is 6.54 Å². The summed E-state index contributed by atoms with van der Waals surface area (Å²) in [6.07, 6.45) is 2.52. The van der Waals surface area contributed by atoms with Gasteiger partial charge in [0.15, 0.2) is 5.96 Å². The maximum atomic E-state index is 5.31. The zero-order chi connectivity index (χ0) is 15.5. The van der Waals surface area contributed by atoms with Crippen LogP contribution in [0.2, 0.25) is 0 Å². The van der Waals surface area contributed by atoms with Crippen LogP contribution in [0.1, 0.15) is 12.7 Å². The van der Waals surface area contributed by atoms with Crippen LogP contribution in [0.3, 0.4) is 0 Å². The van der Waals surface area contributed by atoms with Crippen LogP contribution in [-0.2, 0) is 6.42 Å². The quantitative estimate of drug-likeness (QED) is 0.214. The average Bonchev–Trinajstić information content (AvgIpc) is 3.06. The summed E-state index contributed by atoms with van der Waals surface area (Å²) in [5.41, 5.74) is 0. The maximum Gasteiger partial charge on any atom is 0.191 e. The first kappa shape index (κ1) is 19.9. The van der Waals surface area contributed by atoms with Gasteiger partial charge in [-0.05, 0) is 31.2 Å². The van der Waals surface area contributed by atoms with Crippen molar-refractivity contribution >= 4 is 41.7 Å². The molecule has 0 spiro atoms. The zero-order valence-corrected chi connectivity index (χ0v) is 16.5. The SMILES string of the molecule is CCNC(=NCCc1ccco1)NCCSc1ccccc1.I. The topological polar surface area (TPSA) is 49.6 Å². The molecule has 2 rings (SSSR count). The fourth-order valence-corrected chi connectivity index (χ4v) is 2.72. The maximum absolute atomic E-state index is 5.31. The van der Waals surface area contributed by atoms with Gasteiger partial charge in [0.2, 0.25) is 0 Å². The molecule has 0 aliphatic heterocycles. The Morgan fingerprint density at radius 2 is 1.96 bits per heavy atom. The van der Waals surface area contributed by atoms with Crippen LogP contribution in [0.15, 0.2) is 63.0 Å². The Morgan fingerprint density at radius 3 is 2.65 bits per heavy atom. The van der Waals surface area contributed by atoms with Gasteiger partial charge in [-0.3, -0.25) is 4.99 Å². The third kappa shape index (κ3) is 8.31. The second-order valence-corrected chi connectivity index (χ2v) is 5.85. The number of nitrogens with one attached hydrogen (secondary N) is 2. The van der Waals surface area contributed by atoms with Gasteiger partial charge >= 0.3 is 0 Å². The van der Waals surface area contributed by atoms with Crippen LogP contribution in [0.5, 0.6) is 0 Å². The molecular formula is C17H24IN3OS. The Balaban J connectivity index is 0.00000264. The monoisotopic (exact) mass is 445 g/mol. The number of nitrogens with zero attached hydrogens (tertiary/aromatic N) is 1. The van der Waals surface area contributed by atoms with Crippen LogP contribution >= 0.6 is 35.7 Å². The van der Waals surface area contributed by atoms with Crippen molar-refractivity contribution in [1.29, 1.82) is 0 Å². The van der Waals surface area contributed by atoms with E-state index < -0.39 is 0 Å². The van der Waals surface area contributed by atoms with Crippen molar-refractivity contribution < 1.29 is 4.42 Å². The highest BCUT2D eigenvalue weighted by atomic mass is 127. The Kier molecular flexibility index (Phi) is 10.6. The van der Waals surface area contributed by atoms with Crippen molar-refractivity contribution in [3.05, 3.63) is 54.5 Å². The van der Waals surface area contributed by atoms with Crippen LogP contribution in [-0.4, -0.2) is 31.3 Å². The molecule has 126 valence electrons. The predicted molar refractivity (Wildman–Crippen MR) is 109 cm³/mol. The first-order valence-corrected chi connectivity index (χ1v) is 8.59. The summed E-state index contributed by atoms with van der Waals surface area (Å²) < 4.78 is 5.31. The molecule has 4 nitrogen and oxygen atoms in total. The second-order valence-electron chi connectivity index (χ2n) is 4.68. The van der Waals surface area contributed by atoms with E-state index in [1.54, 1.807) is 6.26 Å². The molecule has 0 saturated heterocycles. The average molecular weight is 445 g/mol. The highest BCUT2D eigenvalue weighted by Gasteiger charge is 1.99. The molecule has 23 heavy (non-hydrogen) atoms. The van der Waals surface area contributed by atoms with E-state index in [-0.39, 0.29) is 24.0 Å². The van der Waals surface area contributed by atoms with Crippen molar-refractivity contribution in [2.45, 2.75) is 18.2 Å². The third-order valence-electron chi connectivity index (χ3n) is 2.96. The lowest BCUT2D eigenvalue weighted by Gasteiger charge is -2.11. The number of guanidine groups is 1. The number of thioether (sulfide) groups is 1. The summed E-state index contributed by atoms with van der Waals surface area (Å²) in [6, 6.07) is 14.3. The van der Waals surface area contributed by atoms with E-state index in [0.717, 1.165) is 37.0 Å². The molecule has 0 aliphatic carbocycles. The number of hydrogen-bond donors (Lipinski definition) is 2. The summed E-state index contributed by atoms with van der Waals surface area (Å²) >= 11 is 1.84. The summed E-state index contributed by atoms with van der Waals surface area (Å²) in [6.45, 7) is 4.53. The minimum atomic E-state index is 0. The van der Waals surface area contributed by atoms with Crippen molar-refractivity contribution in [1.82, 2.24) is 10.6 Å². The second kappa shape index (κ2) is 12.3. The fourth-order valence-electron chi connectivity index (χ4n) is 1.93. The smallest absolute Gasteiger partial charge is 0.191 e. The van der Waals surface area contributed by atoms with E-state index in [4.69, 9.17) is 4.42 Å². The van der Waals surface area contributed by atoms with Crippen molar-refractivity contribution in [3.63, 3.8) is 0 Å². The molecule has 2 aromatic rings. The molecule has 0 atom stereocenters. The van der Waals surface area contributed by atoms with Crippen LogP contribution < -0.4 is 10.6 Å². The van der Waals surface area contributed by atoms with Crippen molar-refractivity contribution in [2.75, 3.05) is 25.4 Å². The largest absolute Gasteiger partial charge is 0.469 e. The van der Waals surface area contributed by atoms with Gasteiger partial charge in [-0.1, -0.05) is 18.2 Å². The lowest BCUT2D eigenvalue weighted by molar-refractivity contribution is 0.510. The van der Waals surface area contributed by atoms with E-state index in [2.05, 4.69) is 46.8 Å². The molecular weight excluding hydrogens is 421 g/mol. The van der Waals surface area contributed by atoms with Gasteiger partial charge in [0.1, 0.15) is 5.76 Å². The predicted octanol–water partition coefficient (Wildman–Crippen LogP) is 3.79. The standard InChI is InChI=1S/C17H23N3OS.HI/c1-2-18-17(19-11-10-15-7-6-13-21-15)20-12-14-22-16-8-4-3-5-9-16;/h3-9,13H,2,10-12,14H2,1H3,(H2,18,19,20);1H. The third-order valence-corrected chi connectivity index (χ3v) is 3.97. The van der Waals surface area contributed by atoms with E-state index in [1.165, 1.54) is 4.90 Å². The highest BCUT2D eigenvalue weighted by Crippen LogP contribution is 2.15. The molecule has 0 fully saturated rings. The first-order chi connectivity index (χ1) is 10.9. The Labute approximate surface area is 159 Å². The van der Waals surface area contributed by atoms with Gasteiger partial charge in [0.05, 0.1) is 6.26 Å². The Morgan fingerprint density at radius 1 is 1.13 bits per heavy atom. The minimum Gasteiger partial charge on any atom is -0.469 e. The number of benzene rings is 1. The van der Waals surface area contributed by atoms with E-state index in [9.17, 15) is 0 Å². The summed E-state index contributed by atoms with van der Waals surface area (Å²) in [4.78, 5) is 5.85. The number of hydrogen-bond acceptors (Lipinski definition) is 3.